The molecule has 0 aromatic carbocycles. The van der Waals surface area contributed by atoms with E-state index in [1.165, 1.54) is 0 Å². The SMILES string of the molecule is O=C(O)CCCc1cncs1. The van der Waals surface area contributed by atoms with Gasteiger partial charge in [0, 0.05) is 17.5 Å². The number of hydrogen-bond acceptors (Lipinski definition) is 3. The van der Waals surface area contributed by atoms with E-state index in [4.69, 9.17) is 5.11 Å². The van der Waals surface area contributed by atoms with Gasteiger partial charge in [0.1, 0.15) is 0 Å². The Morgan fingerprint density at radius 3 is 3.09 bits per heavy atom. The molecule has 1 heterocycles. The average molecular weight is 171 g/mol. The molecule has 1 aromatic rings. The molecule has 0 amide bonds. The van der Waals surface area contributed by atoms with Crippen LogP contribution in [0.2, 0.25) is 0 Å². The molecule has 1 N–H and O–H groups in total. The van der Waals surface area contributed by atoms with E-state index in [0.717, 1.165) is 11.3 Å². The molecule has 0 atom stereocenters. The molecule has 0 radical (unpaired) electrons. The molecule has 4 heteroatoms. The van der Waals surface area contributed by atoms with Crippen LogP contribution in [0.25, 0.3) is 0 Å². The van der Waals surface area contributed by atoms with Gasteiger partial charge in [-0.15, -0.1) is 11.3 Å². The van der Waals surface area contributed by atoms with Gasteiger partial charge in [-0.25, -0.2) is 0 Å². The van der Waals surface area contributed by atoms with Gasteiger partial charge in [-0.2, -0.15) is 0 Å². The molecule has 0 fully saturated rings. The van der Waals surface area contributed by atoms with Gasteiger partial charge in [-0.05, 0) is 12.8 Å². The van der Waals surface area contributed by atoms with Crippen molar-refractivity contribution in [3.8, 4) is 0 Å². The molecule has 1 aromatic heterocycles. The Balaban J connectivity index is 2.19. The fourth-order valence-corrected chi connectivity index (χ4v) is 1.42. The van der Waals surface area contributed by atoms with Gasteiger partial charge < -0.3 is 5.11 Å². The third-order valence-electron chi connectivity index (χ3n) is 1.30. The second-order valence-corrected chi connectivity index (χ2v) is 3.19. The first-order valence-corrected chi connectivity index (χ1v) is 4.26. The van der Waals surface area contributed by atoms with Gasteiger partial charge in [0.15, 0.2) is 0 Å². The summed E-state index contributed by atoms with van der Waals surface area (Å²) in [6, 6.07) is 0. The second kappa shape index (κ2) is 4.08. The minimum Gasteiger partial charge on any atom is -0.481 e. The van der Waals surface area contributed by atoms with E-state index < -0.39 is 5.97 Å². The van der Waals surface area contributed by atoms with Crippen LogP contribution in [0, 0.1) is 0 Å². The van der Waals surface area contributed by atoms with Crippen LogP contribution in [-0.2, 0) is 11.2 Å². The van der Waals surface area contributed by atoms with Crippen molar-refractivity contribution in [3.63, 3.8) is 0 Å². The first kappa shape index (κ1) is 8.20. The molecule has 60 valence electrons. The minimum atomic E-state index is -0.727. The van der Waals surface area contributed by atoms with Crippen LogP contribution in [0.15, 0.2) is 11.7 Å². The fraction of sp³-hybridized carbons (Fsp3) is 0.429. The number of aryl methyl sites for hydroxylation is 1. The number of rotatable bonds is 4. The first-order valence-electron chi connectivity index (χ1n) is 3.38. The van der Waals surface area contributed by atoms with Crippen LogP contribution >= 0.6 is 11.3 Å². The maximum Gasteiger partial charge on any atom is 0.303 e. The van der Waals surface area contributed by atoms with Crippen molar-refractivity contribution in [2.45, 2.75) is 19.3 Å². The maximum absolute atomic E-state index is 10.1. The lowest BCUT2D eigenvalue weighted by Gasteiger charge is -1.91. The van der Waals surface area contributed by atoms with Crippen molar-refractivity contribution in [2.75, 3.05) is 0 Å². The molecule has 3 nitrogen and oxygen atoms in total. The van der Waals surface area contributed by atoms with Crippen molar-refractivity contribution in [3.05, 3.63) is 16.6 Å². The molecular formula is C7H9NO2S. The van der Waals surface area contributed by atoms with Gasteiger partial charge >= 0.3 is 5.97 Å². The van der Waals surface area contributed by atoms with Gasteiger partial charge in [-0.3, -0.25) is 9.78 Å². The van der Waals surface area contributed by atoms with Crippen LogP contribution in [0.1, 0.15) is 17.7 Å². The zero-order valence-corrected chi connectivity index (χ0v) is 6.80. The molecule has 0 aliphatic heterocycles. The predicted molar refractivity (Wildman–Crippen MR) is 42.7 cm³/mol. The zero-order chi connectivity index (χ0) is 8.10. The highest BCUT2D eigenvalue weighted by molar-refractivity contribution is 7.09. The lowest BCUT2D eigenvalue weighted by atomic mass is 10.2. The van der Waals surface area contributed by atoms with Gasteiger partial charge in [-0.1, -0.05) is 0 Å². The van der Waals surface area contributed by atoms with Crippen molar-refractivity contribution in [2.24, 2.45) is 0 Å². The van der Waals surface area contributed by atoms with Crippen molar-refractivity contribution in [1.29, 1.82) is 0 Å². The topological polar surface area (TPSA) is 50.2 Å². The molecule has 0 aliphatic carbocycles. The number of carboxylic acids is 1. The Hall–Kier alpha value is -0.900. The van der Waals surface area contributed by atoms with E-state index >= 15 is 0 Å². The summed E-state index contributed by atoms with van der Waals surface area (Å²) in [4.78, 5) is 15.2. The molecule has 0 spiro atoms. The first-order chi connectivity index (χ1) is 5.29. The summed E-state index contributed by atoms with van der Waals surface area (Å²) in [6.45, 7) is 0. The lowest BCUT2D eigenvalue weighted by molar-refractivity contribution is -0.137. The molecule has 0 saturated carbocycles. The quantitative estimate of drug-likeness (QED) is 0.747. The molecule has 0 bridgehead atoms. The number of thiazole rings is 1. The molecular weight excluding hydrogens is 162 g/mol. The fourth-order valence-electron chi connectivity index (χ4n) is 0.779. The van der Waals surface area contributed by atoms with Gasteiger partial charge in [0.2, 0.25) is 0 Å². The zero-order valence-electron chi connectivity index (χ0n) is 5.99. The summed E-state index contributed by atoms with van der Waals surface area (Å²) in [5.74, 6) is -0.727. The summed E-state index contributed by atoms with van der Waals surface area (Å²) in [5.41, 5.74) is 1.76. The molecule has 0 saturated heterocycles. The van der Waals surface area contributed by atoms with Gasteiger partial charge in [0.05, 0.1) is 5.51 Å². The normalized spacial score (nSPS) is 9.82. The standard InChI is InChI=1S/C7H9NO2S/c9-7(10)3-1-2-6-4-8-5-11-6/h4-5H,1-3H2,(H,9,10). The van der Waals surface area contributed by atoms with Crippen LogP contribution in [0.3, 0.4) is 0 Å². The third-order valence-corrected chi connectivity index (χ3v) is 2.14. The summed E-state index contributed by atoms with van der Waals surface area (Å²) in [7, 11) is 0. The summed E-state index contributed by atoms with van der Waals surface area (Å²) in [6.07, 6.45) is 3.57. The number of nitrogens with zero attached hydrogens (tertiary/aromatic N) is 1. The van der Waals surface area contributed by atoms with E-state index in [1.54, 1.807) is 23.0 Å². The minimum absolute atomic E-state index is 0.248. The predicted octanol–water partition coefficient (Wildman–Crippen LogP) is 1.55. The highest BCUT2D eigenvalue weighted by Gasteiger charge is 1.98. The van der Waals surface area contributed by atoms with Crippen LogP contribution < -0.4 is 0 Å². The Labute approximate surface area is 68.7 Å². The number of carbonyl (C=O) groups is 1. The highest BCUT2D eigenvalue weighted by atomic mass is 32.1. The Morgan fingerprint density at radius 1 is 1.73 bits per heavy atom. The summed E-state index contributed by atoms with van der Waals surface area (Å²) < 4.78 is 0. The smallest absolute Gasteiger partial charge is 0.303 e. The van der Waals surface area contributed by atoms with Crippen LogP contribution in [0.5, 0.6) is 0 Å². The molecule has 0 unspecified atom stereocenters. The molecule has 11 heavy (non-hydrogen) atoms. The van der Waals surface area contributed by atoms with E-state index in [0.29, 0.717) is 6.42 Å². The van der Waals surface area contributed by atoms with Crippen molar-refractivity contribution < 1.29 is 9.90 Å². The molecule has 0 aliphatic rings. The largest absolute Gasteiger partial charge is 0.481 e. The lowest BCUT2D eigenvalue weighted by Crippen LogP contribution is -1.94. The number of hydrogen-bond donors (Lipinski definition) is 1. The van der Waals surface area contributed by atoms with Gasteiger partial charge in [0.25, 0.3) is 0 Å². The third kappa shape index (κ3) is 3.13. The second-order valence-electron chi connectivity index (χ2n) is 2.22. The number of aromatic nitrogens is 1. The van der Waals surface area contributed by atoms with Crippen molar-refractivity contribution >= 4 is 17.3 Å². The van der Waals surface area contributed by atoms with E-state index in [1.807, 2.05) is 0 Å². The Morgan fingerprint density at radius 2 is 2.55 bits per heavy atom. The Bertz CT molecular complexity index is 220. The molecule has 1 rings (SSSR count). The maximum atomic E-state index is 10.1. The van der Waals surface area contributed by atoms with Crippen LogP contribution in [-0.4, -0.2) is 16.1 Å². The van der Waals surface area contributed by atoms with E-state index in [2.05, 4.69) is 4.98 Å². The van der Waals surface area contributed by atoms with Crippen molar-refractivity contribution in [1.82, 2.24) is 4.98 Å². The summed E-state index contributed by atoms with van der Waals surface area (Å²) >= 11 is 1.57. The van der Waals surface area contributed by atoms with E-state index in [9.17, 15) is 4.79 Å². The van der Waals surface area contributed by atoms with Crippen LogP contribution in [0.4, 0.5) is 0 Å². The summed E-state index contributed by atoms with van der Waals surface area (Å²) in [5, 5.41) is 8.33. The number of carboxylic acid groups (broad SMARTS) is 1. The average Bonchev–Trinajstić information content (AvgIpc) is 2.39. The highest BCUT2D eigenvalue weighted by Crippen LogP contribution is 2.09. The number of aliphatic carboxylic acids is 1. The Kier molecular flexibility index (Phi) is 3.04. The monoisotopic (exact) mass is 171 g/mol. The van der Waals surface area contributed by atoms with E-state index in [-0.39, 0.29) is 6.42 Å².